The summed E-state index contributed by atoms with van der Waals surface area (Å²) in [6.45, 7) is 11.9. The molecule has 6 heteroatoms. The van der Waals surface area contributed by atoms with Crippen molar-refractivity contribution in [1.29, 1.82) is 0 Å². The van der Waals surface area contributed by atoms with Crippen molar-refractivity contribution in [2.24, 2.45) is 0 Å². The molecule has 0 saturated carbocycles. The summed E-state index contributed by atoms with van der Waals surface area (Å²) in [5.41, 5.74) is 5.04. The predicted octanol–water partition coefficient (Wildman–Crippen LogP) is 6.92. The molecule has 0 fully saturated rings. The number of rotatable bonds is 11. The number of allylic oxidation sites excluding steroid dienone is 4. The van der Waals surface area contributed by atoms with Crippen LogP contribution in [-0.2, 0) is 12.8 Å². The van der Waals surface area contributed by atoms with Gasteiger partial charge in [-0.05, 0) is 78.4 Å². The van der Waals surface area contributed by atoms with Crippen LogP contribution < -0.4 is 5.32 Å². The van der Waals surface area contributed by atoms with Crippen molar-refractivity contribution < 1.29 is 19.5 Å². The molecule has 33 heavy (non-hydrogen) atoms. The first-order valence-electron chi connectivity index (χ1n) is 11.8. The molecule has 2 rings (SSSR count). The van der Waals surface area contributed by atoms with Gasteiger partial charge in [0.1, 0.15) is 11.5 Å². The molecule has 0 atom stereocenters. The number of anilines is 1. The fourth-order valence-electron chi connectivity index (χ4n) is 3.63. The number of aromatic nitrogens is 1. The number of phenols is 2. The molecule has 3 N–H and O–H groups in total. The molecule has 0 aliphatic rings. The minimum Gasteiger partial charge on any atom is -0.508 e. The highest BCUT2D eigenvalue weighted by Crippen LogP contribution is 2.36. The summed E-state index contributed by atoms with van der Waals surface area (Å²) in [6, 6.07) is 1.62. The van der Waals surface area contributed by atoms with Gasteiger partial charge in [0, 0.05) is 11.1 Å². The lowest BCUT2D eigenvalue weighted by Gasteiger charge is -2.16. The number of hydrogen-bond donors (Lipinski definition) is 3. The number of phenolic OH excluding ortho intramolecular Hbond substituents is 2. The Kier molecular flexibility index (Phi) is 9.76. The molecule has 1 aromatic carbocycles. The second-order valence-electron chi connectivity index (χ2n) is 8.97. The lowest BCUT2D eigenvalue weighted by atomic mass is 9.94. The number of aryl methyl sites for hydroxylation is 2. The molecule has 0 bridgehead atoms. The van der Waals surface area contributed by atoms with Crippen molar-refractivity contribution in [3.05, 3.63) is 57.3 Å². The molecule has 0 unspecified atom stereocenters. The van der Waals surface area contributed by atoms with E-state index < -0.39 is 5.91 Å². The molecule has 0 spiro atoms. The summed E-state index contributed by atoms with van der Waals surface area (Å²) in [5.74, 6) is -0.373. The average Bonchev–Trinajstić information content (AvgIpc) is 3.05. The number of nitrogens with zero attached hydrogens (tertiary/aromatic N) is 1. The van der Waals surface area contributed by atoms with E-state index in [1.165, 1.54) is 5.57 Å². The summed E-state index contributed by atoms with van der Waals surface area (Å²) >= 11 is 0. The van der Waals surface area contributed by atoms with E-state index in [1.54, 1.807) is 13.0 Å². The third-order valence-electron chi connectivity index (χ3n) is 5.87. The van der Waals surface area contributed by atoms with Crippen molar-refractivity contribution >= 4 is 11.8 Å². The third kappa shape index (κ3) is 7.24. The van der Waals surface area contributed by atoms with E-state index in [0.29, 0.717) is 29.7 Å². The maximum absolute atomic E-state index is 13.2. The second-order valence-corrected chi connectivity index (χ2v) is 8.97. The van der Waals surface area contributed by atoms with Crippen LogP contribution in [0.1, 0.15) is 92.5 Å². The standard InChI is InChI=1S/C27H38N2O4/c1-7-8-9-13-21-16-23(30)22(15-14-18(4)12-10-11-17(2)3)25(31)24(21)26(32)28-27-19(5)20(6)29-33-27/h11,14,16,30-31H,7-10,12-13,15H2,1-6H3,(H,28,32)/b18-14+. The van der Waals surface area contributed by atoms with Crippen LogP contribution in [0.4, 0.5) is 5.88 Å². The number of carbonyl (C=O) groups excluding carboxylic acids is 1. The maximum Gasteiger partial charge on any atom is 0.262 e. The van der Waals surface area contributed by atoms with Crippen LogP contribution in [-0.4, -0.2) is 21.3 Å². The highest BCUT2D eigenvalue weighted by molar-refractivity contribution is 6.07. The van der Waals surface area contributed by atoms with Crippen molar-refractivity contribution in [2.75, 3.05) is 5.32 Å². The number of carbonyl (C=O) groups is 1. The van der Waals surface area contributed by atoms with Crippen molar-refractivity contribution in [3.63, 3.8) is 0 Å². The van der Waals surface area contributed by atoms with Crippen LogP contribution in [0.15, 0.2) is 33.9 Å². The largest absolute Gasteiger partial charge is 0.508 e. The van der Waals surface area contributed by atoms with Crippen LogP contribution in [0.2, 0.25) is 0 Å². The van der Waals surface area contributed by atoms with Gasteiger partial charge in [-0.15, -0.1) is 0 Å². The molecular weight excluding hydrogens is 416 g/mol. The van der Waals surface area contributed by atoms with E-state index in [4.69, 9.17) is 4.52 Å². The van der Waals surface area contributed by atoms with Crippen LogP contribution >= 0.6 is 0 Å². The minimum absolute atomic E-state index is 0.00980. The first-order chi connectivity index (χ1) is 15.6. The Morgan fingerprint density at radius 3 is 2.48 bits per heavy atom. The normalized spacial score (nSPS) is 11.5. The fraction of sp³-hybridized carbons (Fsp3) is 0.481. The Morgan fingerprint density at radius 2 is 1.88 bits per heavy atom. The molecule has 2 aromatic rings. The Balaban J connectivity index is 2.37. The van der Waals surface area contributed by atoms with Gasteiger partial charge in [0.15, 0.2) is 0 Å². The van der Waals surface area contributed by atoms with Crippen molar-refractivity contribution in [3.8, 4) is 11.5 Å². The number of unbranched alkanes of at least 4 members (excludes halogenated alkanes) is 2. The SMILES string of the molecule is CCCCCc1cc(O)c(C/C=C(\C)CCC=C(C)C)c(O)c1C(=O)Nc1onc(C)c1C. The van der Waals surface area contributed by atoms with E-state index in [0.717, 1.165) is 43.2 Å². The Labute approximate surface area is 197 Å². The summed E-state index contributed by atoms with van der Waals surface area (Å²) in [7, 11) is 0. The molecule has 6 nitrogen and oxygen atoms in total. The molecular formula is C27H38N2O4. The summed E-state index contributed by atoms with van der Waals surface area (Å²) in [6.07, 6.45) is 9.85. The second kappa shape index (κ2) is 12.3. The predicted molar refractivity (Wildman–Crippen MR) is 133 cm³/mol. The van der Waals surface area contributed by atoms with Gasteiger partial charge in [-0.3, -0.25) is 10.1 Å². The van der Waals surface area contributed by atoms with Gasteiger partial charge in [0.2, 0.25) is 5.88 Å². The molecule has 0 aliphatic heterocycles. The lowest BCUT2D eigenvalue weighted by molar-refractivity contribution is 0.102. The highest BCUT2D eigenvalue weighted by atomic mass is 16.5. The maximum atomic E-state index is 13.2. The van der Waals surface area contributed by atoms with Gasteiger partial charge in [-0.2, -0.15) is 0 Å². The van der Waals surface area contributed by atoms with Crippen LogP contribution in [0.5, 0.6) is 11.5 Å². The topological polar surface area (TPSA) is 95.6 Å². The smallest absolute Gasteiger partial charge is 0.262 e. The molecule has 0 aliphatic carbocycles. The van der Waals surface area contributed by atoms with Gasteiger partial charge in [0.25, 0.3) is 5.91 Å². The summed E-state index contributed by atoms with van der Waals surface area (Å²) in [4.78, 5) is 13.2. The lowest BCUT2D eigenvalue weighted by Crippen LogP contribution is -2.16. The zero-order valence-electron chi connectivity index (χ0n) is 20.8. The van der Waals surface area contributed by atoms with Crippen LogP contribution in [0.3, 0.4) is 0 Å². The monoisotopic (exact) mass is 454 g/mol. The number of nitrogens with one attached hydrogen (secondary N) is 1. The summed E-state index contributed by atoms with van der Waals surface area (Å²) in [5, 5.41) is 28.4. The zero-order valence-corrected chi connectivity index (χ0v) is 20.8. The van der Waals surface area contributed by atoms with Crippen molar-refractivity contribution in [2.45, 2.75) is 86.5 Å². The van der Waals surface area contributed by atoms with E-state index in [-0.39, 0.29) is 22.9 Å². The summed E-state index contributed by atoms with van der Waals surface area (Å²) < 4.78 is 5.23. The Morgan fingerprint density at radius 1 is 1.15 bits per heavy atom. The van der Waals surface area contributed by atoms with Gasteiger partial charge in [0.05, 0.1) is 11.3 Å². The molecule has 180 valence electrons. The van der Waals surface area contributed by atoms with Gasteiger partial charge in [-0.25, -0.2) is 0 Å². The fourth-order valence-corrected chi connectivity index (χ4v) is 3.63. The Bertz CT molecular complexity index is 1030. The van der Waals surface area contributed by atoms with Crippen LogP contribution in [0.25, 0.3) is 0 Å². The zero-order chi connectivity index (χ0) is 24.5. The highest BCUT2D eigenvalue weighted by Gasteiger charge is 2.24. The Hall–Kier alpha value is -3.02. The number of hydrogen-bond acceptors (Lipinski definition) is 5. The van der Waals surface area contributed by atoms with E-state index in [1.807, 2.05) is 19.9 Å². The van der Waals surface area contributed by atoms with Gasteiger partial charge in [-0.1, -0.05) is 48.2 Å². The first-order valence-corrected chi connectivity index (χ1v) is 11.8. The molecule has 1 heterocycles. The molecule has 0 radical (unpaired) electrons. The number of aromatic hydroxyl groups is 2. The van der Waals surface area contributed by atoms with E-state index in [9.17, 15) is 15.0 Å². The van der Waals surface area contributed by atoms with E-state index >= 15 is 0 Å². The van der Waals surface area contributed by atoms with Gasteiger partial charge < -0.3 is 14.7 Å². The quantitative estimate of drug-likeness (QED) is 0.253. The minimum atomic E-state index is -0.469. The van der Waals surface area contributed by atoms with Crippen molar-refractivity contribution in [1.82, 2.24) is 5.16 Å². The average molecular weight is 455 g/mol. The number of benzene rings is 1. The third-order valence-corrected chi connectivity index (χ3v) is 5.87. The van der Waals surface area contributed by atoms with E-state index in [2.05, 4.69) is 37.3 Å². The molecule has 1 aromatic heterocycles. The number of amides is 1. The molecule has 1 amide bonds. The first kappa shape index (κ1) is 26.2. The molecule has 0 saturated heterocycles. The van der Waals surface area contributed by atoms with Gasteiger partial charge >= 0.3 is 0 Å². The van der Waals surface area contributed by atoms with Crippen LogP contribution in [0, 0.1) is 13.8 Å².